The maximum Gasteiger partial charge on any atom is 0.329 e. The Kier molecular flexibility index (Phi) is 5.80. The van der Waals surface area contributed by atoms with Gasteiger partial charge in [-0.15, -0.1) is 0 Å². The molecule has 1 atom stereocenters. The van der Waals surface area contributed by atoms with Crippen molar-refractivity contribution in [2.45, 2.75) is 39.7 Å². The Hall–Kier alpha value is -1.79. The van der Waals surface area contributed by atoms with Crippen molar-refractivity contribution < 1.29 is 19.5 Å². The molecule has 0 rings (SSSR count). The molecule has 0 heterocycles. The van der Waals surface area contributed by atoms with Gasteiger partial charge in [-0.05, 0) is 27.2 Å². The number of amides is 3. The first-order valence-corrected chi connectivity index (χ1v) is 6.10. The standard InChI is InChI=1S/C12H23N3O4/c1-6-12(4,9(17)18)15-10(19)14-7-11(2,3)8(16)13-5/h6-7H2,1-5H3,(H,13,16)(H,17,18)(H2,14,15,19). The Balaban J connectivity index is 4.49. The second-order valence-electron chi connectivity index (χ2n) is 5.26. The zero-order valence-corrected chi connectivity index (χ0v) is 12.1. The highest BCUT2D eigenvalue weighted by atomic mass is 16.4. The molecule has 0 aromatic heterocycles. The van der Waals surface area contributed by atoms with Crippen LogP contribution in [0.15, 0.2) is 0 Å². The van der Waals surface area contributed by atoms with Gasteiger partial charge in [0.15, 0.2) is 0 Å². The molecular formula is C12H23N3O4. The molecule has 4 N–H and O–H groups in total. The van der Waals surface area contributed by atoms with Crippen LogP contribution in [0, 0.1) is 5.41 Å². The number of nitrogens with one attached hydrogen (secondary N) is 3. The zero-order valence-electron chi connectivity index (χ0n) is 12.1. The molecule has 7 heteroatoms. The summed E-state index contributed by atoms with van der Waals surface area (Å²) in [5.41, 5.74) is -2.08. The summed E-state index contributed by atoms with van der Waals surface area (Å²) >= 11 is 0. The number of hydrogen-bond acceptors (Lipinski definition) is 3. The minimum absolute atomic E-state index is 0.109. The van der Waals surface area contributed by atoms with Crippen LogP contribution in [-0.2, 0) is 9.59 Å². The van der Waals surface area contributed by atoms with Crippen LogP contribution in [0.4, 0.5) is 4.79 Å². The van der Waals surface area contributed by atoms with Gasteiger partial charge in [0.1, 0.15) is 5.54 Å². The normalized spacial score (nSPS) is 14.2. The maximum atomic E-state index is 11.7. The summed E-state index contributed by atoms with van der Waals surface area (Å²) < 4.78 is 0. The van der Waals surface area contributed by atoms with Crippen LogP contribution in [0.5, 0.6) is 0 Å². The fourth-order valence-corrected chi connectivity index (χ4v) is 1.31. The van der Waals surface area contributed by atoms with Crippen LogP contribution in [0.1, 0.15) is 34.1 Å². The van der Waals surface area contributed by atoms with Crippen molar-refractivity contribution in [3.05, 3.63) is 0 Å². The highest BCUT2D eigenvalue weighted by Crippen LogP contribution is 2.13. The molecule has 0 radical (unpaired) electrons. The fourth-order valence-electron chi connectivity index (χ4n) is 1.31. The number of rotatable bonds is 6. The van der Waals surface area contributed by atoms with Gasteiger partial charge in [0.25, 0.3) is 0 Å². The second kappa shape index (κ2) is 6.40. The number of carboxylic acid groups (broad SMARTS) is 1. The summed E-state index contributed by atoms with van der Waals surface area (Å²) in [5, 5.41) is 16.4. The Morgan fingerprint density at radius 2 is 1.68 bits per heavy atom. The topological polar surface area (TPSA) is 108 Å². The average molecular weight is 273 g/mol. The fraction of sp³-hybridized carbons (Fsp3) is 0.750. The van der Waals surface area contributed by atoms with E-state index in [1.54, 1.807) is 20.8 Å². The molecule has 0 spiro atoms. The molecule has 19 heavy (non-hydrogen) atoms. The van der Waals surface area contributed by atoms with Crippen molar-refractivity contribution in [3.63, 3.8) is 0 Å². The molecule has 110 valence electrons. The quantitative estimate of drug-likeness (QED) is 0.558. The van der Waals surface area contributed by atoms with E-state index >= 15 is 0 Å². The summed E-state index contributed by atoms with van der Waals surface area (Å²) in [7, 11) is 1.52. The smallest absolute Gasteiger partial charge is 0.329 e. The molecule has 0 bridgehead atoms. The van der Waals surface area contributed by atoms with E-state index in [2.05, 4.69) is 16.0 Å². The molecular weight excluding hydrogens is 250 g/mol. The zero-order chi connectivity index (χ0) is 15.3. The number of hydrogen-bond donors (Lipinski definition) is 4. The molecule has 0 saturated heterocycles. The minimum Gasteiger partial charge on any atom is -0.480 e. The van der Waals surface area contributed by atoms with E-state index in [9.17, 15) is 14.4 Å². The maximum absolute atomic E-state index is 11.7. The SMILES string of the molecule is CCC(C)(NC(=O)NCC(C)(C)C(=O)NC)C(=O)O. The van der Waals surface area contributed by atoms with Crippen LogP contribution >= 0.6 is 0 Å². The Morgan fingerprint density at radius 1 is 1.16 bits per heavy atom. The highest BCUT2D eigenvalue weighted by molar-refractivity contribution is 5.86. The third-order valence-corrected chi connectivity index (χ3v) is 3.10. The number of carbonyl (C=O) groups is 3. The van der Waals surface area contributed by atoms with E-state index < -0.39 is 23.0 Å². The first-order chi connectivity index (χ1) is 8.59. The van der Waals surface area contributed by atoms with Crippen molar-refractivity contribution in [1.29, 1.82) is 0 Å². The average Bonchev–Trinajstić information content (AvgIpc) is 2.34. The lowest BCUT2D eigenvalue weighted by atomic mass is 9.92. The van der Waals surface area contributed by atoms with Gasteiger partial charge in [-0.1, -0.05) is 6.92 Å². The number of carboxylic acids is 1. The summed E-state index contributed by atoms with van der Waals surface area (Å²) in [6, 6.07) is -0.608. The van der Waals surface area contributed by atoms with E-state index in [4.69, 9.17) is 5.11 Å². The van der Waals surface area contributed by atoms with Gasteiger partial charge in [0.2, 0.25) is 5.91 Å². The van der Waals surface area contributed by atoms with Gasteiger partial charge < -0.3 is 21.1 Å². The molecule has 3 amide bonds. The van der Waals surface area contributed by atoms with Gasteiger partial charge in [-0.3, -0.25) is 4.79 Å². The second-order valence-corrected chi connectivity index (χ2v) is 5.26. The van der Waals surface area contributed by atoms with E-state index in [1.165, 1.54) is 14.0 Å². The van der Waals surface area contributed by atoms with E-state index in [-0.39, 0.29) is 18.9 Å². The molecule has 7 nitrogen and oxygen atoms in total. The summed E-state index contributed by atoms with van der Waals surface area (Å²) in [6.45, 7) is 6.57. The van der Waals surface area contributed by atoms with Gasteiger partial charge >= 0.3 is 12.0 Å². The number of carbonyl (C=O) groups excluding carboxylic acids is 2. The lowest BCUT2D eigenvalue weighted by Crippen LogP contribution is -2.56. The predicted molar refractivity (Wildman–Crippen MR) is 70.7 cm³/mol. The lowest BCUT2D eigenvalue weighted by molar-refractivity contribution is -0.143. The summed E-state index contributed by atoms with van der Waals surface area (Å²) in [6.07, 6.45) is 0.259. The Bertz CT molecular complexity index is 368. The number of urea groups is 1. The van der Waals surface area contributed by atoms with Gasteiger partial charge in [-0.2, -0.15) is 0 Å². The highest BCUT2D eigenvalue weighted by Gasteiger charge is 2.33. The minimum atomic E-state index is -1.32. The summed E-state index contributed by atoms with van der Waals surface area (Å²) in [5.74, 6) is -1.31. The van der Waals surface area contributed by atoms with Crippen LogP contribution in [0.25, 0.3) is 0 Å². The van der Waals surface area contributed by atoms with Crippen molar-refractivity contribution in [2.24, 2.45) is 5.41 Å². The van der Waals surface area contributed by atoms with Crippen molar-refractivity contribution in [3.8, 4) is 0 Å². The molecule has 0 aromatic rings. The monoisotopic (exact) mass is 273 g/mol. The van der Waals surface area contributed by atoms with Crippen molar-refractivity contribution in [2.75, 3.05) is 13.6 Å². The lowest BCUT2D eigenvalue weighted by Gasteiger charge is -2.27. The van der Waals surface area contributed by atoms with Crippen molar-refractivity contribution in [1.82, 2.24) is 16.0 Å². The number of aliphatic carboxylic acids is 1. The third-order valence-electron chi connectivity index (χ3n) is 3.10. The van der Waals surface area contributed by atoms with Crippen LogP contribution in [-0.4, -0.2) is 42.1 Å². The first-order valence-electron chi connectivity index (χ1n) is 6.10. The predicted octanol–water partition coefficient (Wildman–Crippen LogP) is 0.311. The molecule has 0 saturated carbocycles. The van der Waals surface area contributed by atoms with E-state index in [0.29, 0.717) is 0 Å². The van der Waals surface area contributed by atoms with Crippen LogP contribution in [0.3, 0.4) is 0 Å². The Morgan fingerprint density at radius 3 is 2.05 bits per heavy atom. The Labute approximate surface area is 113 Å². The van der Waals surface area contributed by atoms with Gasteiger partial charge in [0, 0.05) is 13.6 Å². The van der Waals surface area contributed by atoms with Gasteiger partial charge in [0.05, 0.1) is 5.41 Å². The molecule has 0 aliphatic heterocycles. The summed E-state index contributed by atoms with van der Waals surface area (Å²) in [4.78, 5) is 34.2. The first kappa shape index (κ1) is 17.2. The van der Waals surface area contributed by atoms with Crippen LogP contribution in [0.2, 0.25) is 0 Å². The molecule has 1 unspecified atom stereocenters. The molecule has 0 fully saturated rings. The molecule has 0 aliphatic carbocycles. The third kappa shape index (κ3) is 4.76. The van der Waals surface area contributed by atoms with Gasteiger partial charge in [-0.25, -0.2) is 9.59 Å². The largest absolute Gasteiger partial charge is 0.480 e. The molecule has 0 aromatic carbocycles. The van der Waals surface area contributed by atoms with Crippen LogP contribution < -0.4 is 16.0 Å². The van der Waals surface area contributed by atoms with E-state index in [1.807, 2.05) is 0 Å². The molecule has 0 aliphatic rings. The van der Waals surface area contributed by atoms with E-state index in [0.717, 1.165) is 0 Å². The van der Waals surface area contributed by atoms with Crippen molar-refractivity contribution >= 4 is 17.9 Å².